The van der Waals surface area contributed by atoms with Crippen LogP contribution >= 0.6 is 0 Å². The fourth-order valence-electron chi connectivity index (χ4n) is 6.06. The average Bonchev–Trinajstić information content (AvgIpc) is 3.44. The molecule has 1 aliphatic heterocycles. The summed E-state index contributed by atoms with van der Waals surface area (Å²) in [6.07, 6.45) is 2.05. The van der Waals surface area contributed by atoms with E-state index in [1.54, 1.807) is 18.2 Å². The normalized spacial score (nSPS) is 15.1. The molecule has 2 heterocycles. The third-order valence-corrected chi connectivity index (χ3v) is 8.29. The molecule has 0 bridgehead atoms. The number of carbonyl (C=O) groups is 2. The minimum atomic E-state index is -0.279. The lowest BCUT2D eigenvalue weighted by Crippen LogP contribution is -2.45. The number of amides is 2. The molecule has 0 spiro atoms. The van der Waals surface area contributed by atoms with Crippen molar-refractivity contribution in [2.45, 2.75) is 38.6 Å². The number of halogens is 1. The third kappa shape index (κ3) is 5.78. The fraction of sp³-hybridized carbons (Fsp3) is 0.257. The molecule has 2 N–H and O–H groups in total. The Morgan fingerprint density at radius 2 is 1.69 bits per heavy atom. The van der Waals surface area contributed by atoms with Crippen molar-refractivity contribution in [2.24, 2.45) is 0 Å². The number of nitrogens with zero attached hydrogens (tertiary/aromatic N) is 1. The Bertz CT molecular complexity index is 1750. The summed E-state index contributed by atoms with van der Waals surface area (Å²) in [6.45, 7) is 6.05. The van der Waals surface area contributed by atoms with Crippen molar-refractivity contribution in [1.82, 2.24) is 10.2 Å². The summed E-state index contributed by atoms with van der Waals surface area (Å²) in [5.74, 6) is 0.135. The molecule has 1 saturated heterocycles. The smallest absolute Gasteiger partial charge is 0.287 e. The molecule has 42 heavy (non-hydrogen) atoms. The minimum Gasteiger partial charge on any atom is -0.450 e. The standard InChI is InChI=1S/C35H34FN3O3/c1-22(39-16-14-24(15-17-39)26-6-5-7-29(18-26)38-23(2)40)21-37-35(41)33-20-27-19-32(25-10-12-28(36)13-11-25)30-8-3-4-9-31(30)34(27)42-33/h3-13,18-20,22,24H,14-17,21H2,1-2H3,(H,37,41)(H,38,40). The van der Waals surface area contributed by atoms with Crippen molar-refractivity contribution >= 4 is 39.2 Å². The highest BCUT2D eigenvalue weighted by Gasteiger charge is 2.25. The number of carbonyl (C=O) groups excluding carboxylic acids is 2. The van der Waals surface area contributed by atoms with Crippen LogP contribution < -0.4 is 10.6 Å². The first-order chi connectivity index (χ1) is 20.4. The van der Waals surface area contributed by atoms with Gasteiger partial charge >= 0.3 is 0 Å². The van der Waals surface area contributed by atoms with E-state index in [9.17, 15) is 14.0 Å². The second-order valence-corrected chi connectivity index (χ2v) is 11.2. The molecular formula is C35H34FN3O3. The van der Waals surface area contributed by atoms with Gasteiger partial charge in [0.05, 0.1) is 0 Å². The highest BCUT2D eigenvalue weighted by Crippen LogP contribution is 2.36. The largest absolute Gasteiger partial charge is 0.450 e. The molecule has 0 saturated carbocycles. The predicted octanol–water partition coefficient (Wildman–Crippen LogP) is 7.35. The summed E-state index contributed by atoms with van der Waals surface area (Å²) in [5, 5.41) is 8.66. The maximum absolute atomic E-state index is 13.6. The second-order valence-electron chi connectivity index (χ2n) is 11.2. The Morgan fingerprint density at radius 3 is 2.43 bits per heavy atom. The SMILES string of the molecule is CC(=O)Nc1cccc(C2CCN(C(C)CNC(=O)c3cc4cc(-c5ccc(F)cc5)c5ccccc5c4o3)CC2)c1. The summed E-state index contributed by atoms with van der Waals surface area (Å²) in [4.78, 5) is 27.0. The van der Waals surface area contributed by atoms with Crippen molar-refractivity contribution < 1.29 is 18.4 Å². The highest BCUT2D eigenvalue weighted by atomic mass is 19.1. The third-order valence-electron chi connectivity index (χ3n) is 8.29. The van der Waals surface area contributed by atoms with E-state index < -0.39 is 0 Å². The number of rotatable bonds is 7. The van der Waals surface area contributed by atoms with Crippen LogP contribution in [0.5, 0.6) is 0 Å². The summed E-state index contributed by atoms with van der Waals surface area (Å²) in [6, 6.07) is 26.4. The van der Waals surface area contributed by atoms with E-state index in [2.05, 4.69) is 34.6 Å². The lowest BCUT2D eigenvalue weighted by atomic mass is 9.88. The topological polar surface area (TPSA) is 74.6 Å². The number of fused-ring (bicyclic) bond motifs is 3. The van der Waals surface area contributed by atoms with Gasteiger partial charge in [0.1, 0.15) is 11.4 Å². The highest BCUT2D eigenvalue weighted by molar-refractivity contribution is 6.13. The second kappa shape index (κ2) is 11.8. The van der Waals surface area contributed by atoms with Crippen LogP contribution in [-0.4, -0.2) is 42.4 Å². The number of piperidine rings is 1. The summed E-state index contributed by atoms with van der Waals surface area (Å²) < 4.78 is 19.7. The first-order valence-corrected chi connectivity index (χ1v) is 14.5. The molecule has 0 aliphatic carbocycles. The van der Waals surface area contributed by atoms with E-state index in [1.165, 1.54) is 24.6 Å². The zero-order chi connectivity index (χ0) is 29.2. The van der Waals surface area contributed by atoms with E-state index in [0.717, 1.165) is 58.9 Å². The Labute approximate surface area is 244 Å². The van der Waals surface area contributed by atoms with Crippen LogP contribution in [0.15, 0.2) is 89.3 Å². The van der Waals surface area contributed by atoms with Gasteiger partial charge in [-0.2, -0.15) is 0 Å². The monoisotopic (exact) mass is 563 g/mol. The van der Waals surface area contributed by atoms with Crippen molar-refractivity contribution in [3.05, 3.63) is 102 Å². The van der Waals surface area contributed by atoms with Crippen LogP contribution in [0.25, 0.3) is 32.9 Å². The van der Waals surface area contributed by atoms with Crippen LogP contribution in [0.4, 0.5) is 10.1 Å². The molecular weight excluding hydrogens is 529 g/mol. The van der Waals surface area contributed by atoms with Gasteiger partial charge in [-0.3, -0.25) is 14.5 Å². The van der Waals surface area contributed by atoms with Gasteiger partial charge in [-0.05, 0) is 97.2 Å². The van der Waals surface area contributed by atoms with Crippen molar-refractivity contribution in [1.29, 1.82) is 0 Å². The molecule has 6 rings (SSSR count). The molecule has 1 unspecified atom stereocenters. The Morgan fingerprint density at radius 1 is 0.952 bits per heavy atom. The van der Waals surface area contributed by atoms with Crippen molar-refractivity contribution in [2.75, 3.05) is 25.0 Å². The molecule has 1 fully saturated rings. The minimum absolute atomic E-state index is 0.0661. The van der Waals surface area contributed by atoms with E-state index in [0.29, 0.717) is 18.0 Å². The van der Waals surface area contributed by atoms with Gasteiger partial charge in [0.25, 0.3) is 5.91 Å². The number of anilines is 1. The van der Waals surface area contributed by atoms with Gasteiger partial charge in [-0.25, -0.2) is 4.39 Å². The van der Waals surface area contributed by atoms with Gasteiger partial charge < -0.3 is 15.1 Å². The van der Waals surface area contributed by atoms with E-state index in [1.807, 2.05) is 42.5 Å². The molecule has 0 radical (unpaired) electrons. The van der Waals surface area contributed by atoms with Crippen molar-refractivity contribution in [3.8, 4) is 11.1 Å². The maximum Gasteiger partial charge on any atom is 0.287 e. The molecule has 7 heteroatoms. The number of hydrogen-bond donors (Lipinski definition) is 2. The Kier molecular flexibility index (Phi) is 7.76. The molecule has 2 amide bonds. The predicted molar refractivity (Wildman–Crippen MR) is 165 cm³/mol. The number of furan rings is 1. The summed E-state index contributed by atoms with van der Waals surface area (Å²) >= 11 is 0. The molecule has 1 atom stereocenters. The van der Waals surface area contributed by atoms with E-state index in [4.69, 9.17) is 4.42 Å². The first-order valence-electron chi connectivity index (χ1n) is 14.5. The lowest BCUT2D eigenvalue weighted by Gasteiger charge is -2.36. The Hall–Kier alpha value is -4.49. The summed E-state index contributed by atoms with van der Waals surface area (Å²) in [5.41, 5.74) is 4.62. The zero-order valence-electron chi connectivity index (χ0n) is 23.8. The van der Waals surface area contributed by atoms with Crippen LogP contribution in [-0.2, 0) is 4.79 Å². The van der Waals surface area contributed by atoms with E-state index in [-0.39, 0.29) is 29.4 Å². The number of hydrogen-bond acceptors (Lipinski definition) is 4. The number of benzene rings is 4. The summed E-state index contributed by atoms with van der Waals surface area (Å²) in [7, 11) is 0. The molecule has 1 aromatic heterocycles. The molecule has 1 aliphatic rings. The van der Waals surface area contributed by atoms with Gasteiger partial charge in [0.2, 0.25) is 5.91 Å². The average molecular weight is 564 g/mol. The fourth-order valence-corrected chi connectivity index (χ4v) is 6.06. The Balaban J connectivity index is 1.11. The molecule has 6 nitrogen and oxygen atoms in total. The van der Waals surface area contributed by atoms with Crippen LogP contribution in [0.1, 0.15) is 48.7 Å². The quantitative estimate of drug-likeness (QED) is 0.217. The van der Waals surface area contributed by atoms with Gasteiger partial charge in [-0.1, -0.05) is 48.5 Å². The number of nitrogens with one attached hydrogen (secondary N) is 2. The number of likely N-dealkylation sites (tertiary alicyclic amines) is 1. The van der Waals surface area contributed by atoms with Crippen LogP contribution in [0.3, 0.4) is 0 Å². The van der Waals surface area contributed by atoms with E-state index >= 15 is 0 Å². The zero-order valence-corrected chi connectivity index (χ0v) is 23.8. The van der Waals surface area contributed by atoms with Gasteiger partial charge in [0.15, 0.2) is 5.76 Å². The lowest BCUT2D eigenvalue weighted by molar-refractivity contribution is -0.114. The van der Waals surface area contributed by atoms with Gasteiger partial charge in [0, 0.05) is 36.0 Å². The van der Waals surface area contributed by atoms with Gasteiger partial charge in [-0.15, -0.1) is 0 Å². The molecule has 4 aromatic carbocycles. The van der Waals surface area contributed by atoms with Crippen LogP contribution in [0, 0.1) is 5.82 Å². The molecule has 214 valence electrons. The van der Waals surface area contributed by atoms with Crippen molar-refractivity contribution in [3.63, 3.8) is 0 Å². The molecule has 5 aromatic rings. The van der Waals surface area contributed by atoms with Crippen LogP contribution in [0.2, 0.25) is 0 Å². The maximum atomic E-state index is 13.6. The first kappa shape index (κ1) is 27.7.